The number of nitrogens with one attached hydrogen (secondary N) is 1. The lowest BCUT2D eigenvalue weighted by Crippen LogP contribution is -2.55. The van der Waals surface area contributed by atoms with E-state index in [1.54, 1.807) is 0 Å². The molecule has 8 heteroatoms. The lowest BCUT2D eigenvalue weighted by Gasteiger charge is -2.34. The van der Waals surface area contributed by atoms with Crippen molar-refractivity contribution in [1.29, 1.82) is 0 Å². The Labute approximate surface area is 158 Å². The number of piperidine rings is 1. The Morgan fingerprint density at radius 2 is 1.74 bits per heavy atom. The van der Waals surface area contributed by atoms with Gasteiger partial charge in [0.05, 0.1) is 13.2 Å². The van der Waals surface area contributed by atoms with Gasteiger partial charge in [-0.1, -0.05) is 30.3 Å². The lowest BCUT2D eigenvalue weighted by atomic mass is 10.0. The zero-order valence-electron chi connectivity index (χ0n) is 15.3. The zero-order valence-corrected chi connectivity index (χ0v) is 15.3. The van der Waals surface area contributed by atoms with E-state index in [1.807, 2.05) is 35.2 Å². The first-order valence-electron chi connectivity index (χ1n) is 9.36. The van der Waals surface area contributed by atoms with Crippen molar-refractivity contribution in [2.24, 2.45) is 5.73 Å². The molecule has 0 radical (unpaired) electrons. The molecule has 2 aliphatic rings. The highest BCUT2D eigenvalue weighted by molar-refractivity contribution is 5.88. The summed E-state index contributed by atoms with van der Waals surface area (Å²) in [6.07, 6.45) is 2.25. The number of amides is 4. The van der Waals surface area contributed by atoms with Crippen LogP contribution in [0.25, 0.3) is 0 Å². The summed E-state index contributed by atoms with van der Waals surface area (Å²) in [5.74, 6) is -0.703. The highest BCUT2D eigenvalue weighted by atomic mass is 16.5. The summed E-state index contributed by atoms with van der Waals surface area (Å²) in [5, 5.41) is 2.85. The van der Waals surface area contributed by atoms with Crippen molar-refractivity contribution in [3.8, 4) is 0 Å². The van der Waals surface area contributed by atoms with Crippen molar-refractivity contribution >= 4 is 17.8 Å². The number of benzene rings is 1. The second-order valence-corrected chi connectivity index (χ2v) is 6.89. The van der Waals surface area contributed by atoms with E-state index >= 15 is 0 Å². The zero-order chi connectivity index (χ0) is 19.2. The Morgan fingerprint density at radius 1 is 1.04 bits per heavy atom. The molecular formula is C19H26N4O4. The molecule has 0 bridgehead atoms. The minimum atomic E-state index is -0.822. The molecule has 2 unspecified atom stereocenters. The third-order valence-electron chi connectivity index (χ3n) is 4.99. The van der Waals surface area contributed by atoms with E-state index in [9.17, 15) is 14.4 Å². The fourth-order valence-corrected chi connectivity index (χ4v) is 3.45. The van der Waals surface area contributed by atoms with Gasteiger partial charge in [-0.05, 0) is 24.8 Å². The standard InChI is InChI=1S/C19H26N4O4/c20-17(24)15-13-23(11-12-27-15)19(26)21-16(14-7-3-1-4-8-14)18(25)22-9-5-2-6-10-22/h1,3-4,7-8,15-16H,2,5-6,9-13H2,(H2,20,24)(H,21,26). The molecule has 3 N–H and O–H groups in total. The number of primary amides is 1. The smallest absolute Gasteiger partial charge is 0.318 e. The average Bonchev–Trinajstić information content (AvgIpc) is 2.72. The van der Waals surface area contributed by atoms with Gasteiger partial charge in [0.25, 0.3) is 0 Å². The summed E-state index contributed by atoms with van der Waals surface area (Å²) in [5.41, 5.74) is 6.02. The van der Waals surface area contributed by atoms with Crippen LogP contribution in [0.4, 0.5) is 4.79 Å². The normalized spacial score (nSPS) is 21.4. The first-order valence-corrected chi connectivity index (χ1v) is 9.36. The number of hydrogen-bond donors (Lipinski definition) is 2. The molecule has 0 spiro atoms. The van der Waals surface area contributed by atoms with Crippen molar-refractivity contribution in [1.82, 2.24) is 15.1 Å². The van der Waals surface area contributed by atoms with Crippen molar-refractivity contribution in [2.45, 2.75) is 31.4 Å². The van der Waals surface area contributed by atoms with Crippen molar-refractivity contribution in [3.05, 3.63) is 35.9 Å². The second kappa shape index (κ2) is 8.85. The molecule has 2 heterocycles. The Hall–Kier alpha value is -2.61. The number of hydrogen-bond acceptors (Lipinski definition) is 4. The molecular weight excluding hydrogens is 348 g/mol. The van der Waals surface area contributed by atoms with Gasteiger partial charge in [0.1, 0.15) is 6.04 Å². The van der Waals surface area contributed by atoms with Gasteiger partial charge in [-0.15, -0.1) is 0 Å². The Balaban J connectivity index is 1.73. The summed E-state index contributed by atoms with van der Waals surface area (Å²) in [7, 11) is 0. The number of rotatable bonds is 4. The third kappa shape index (κ3) is 4.77. The highest BCUT2D eigenvalue weighted by Gasteiger charge is 2.32. The predicted molar refractivity (Wildman–Crippen MR) is 98.7 cm³/mol. The Morgan fingerprint density at radius 3 is 2.41 bits per heavy atom. The number of carbonyl (C=O) groups is 3. The fraction of sp³-hybridized carbons (Fsp3) is 0.526. The lowest BCUT2D eigenvalue weighted by molar-refractivity contribution is -0.135. The maximum Gasteiger partial charge on any atom is 0.318 e. The monoisotopic (exact) mass is 374 g/mol. The Bertz CT molecular complexity index is 676. The van der Waals surface area contributed by atoms with Crippen LogP contribution < -0.4 is 11.1 Å². The maximum atomic E-state index is 13.1. The number of urea groups is 1. The molecule has 0 aromatic heterocycles. The molecule has 8 nitrogen and oxygen atoms in total. The van der Waals surface area contributed by atoms with E-state index in [0.29, 0.717) is 19.6 Å². The molecule has 3 rings (SSSR count). The number of likely N-dealkylation sites (tertiary alicyclic amines) is 1. The first-order chi connectivity index (χ1) is 13.1. The molecule has 1 aromatic rings. The van der Waals surface area contributed by atoms with Gasteiger partial charge in [-0.25, -0.2) is 4.79 Å². The van der Waals surface area contributed by atoms with Crippen molar-refractivity contribution < 1.29 is 19.1 Å². The van der Waals surface area contributed by atoms with Gasteiger partial charge < -0.3 is 25.6 Å². The molecule has 27 heavy (non-hydrogen) atoms. The van der Waals surface area contributed by atoms with Gasteiger partial charge in [-0.2, -0.15) is 0 Å². The number of nitrogens with zero attached hydrogens (tertiary/aromatic N) is 2. The largest absolute Gasteiger partial charge is 0.367 e. The first kappa shape index (κ1) is 19.2. The third-order valence-corrected chi connectivity index (χ3v) is 4.99. The fourth-order valence-electron chi connectivity index (χ4n) is 3.45. The minimum absolute atomic E-state index is 0.0839. The van der Waals surface area contributed by atoms with Crippen LogP contribution in [-0.2, 0) is 14.3 Å². The average molecular weight is 374 g/mol. The van der Waals surface area contributed by atoms with Crippen LogP contribution >= 0.6 is 0 Å². The van der Waals surface area contributed by atoms with E-state index < -0.39 is 24.1 Å². The number of nitrogens with two attached hydrogens (primary N) is 1. The summed E-state index contributed by atoms with van der Waals surface area (Å²) >= 11 is 0. The molecule has 146 valence electrons. The quantitative estimate of drug-likeness (QED) is 0.807. The number of ether oxygens (including phenoxy) is 1. The SMILES string of the molecule is NC(=O)C1CN(C(=O)NC(C(=O)N2CCCCC2)c2ccccc2)CCO1. The van der Waals surface area contributed by atoms with Crippen LogP contribution in [0.1, 0.15) is 30.9 Å². The van der Waals surface area contributed by atoms with E-state index in [4.69, 9.17) is 10.5 Å². The van der Waals surface area contributed by atoms with E-state index in [-0.39, 0.29) is 19.1 Å². The maximum absolute atomic E-state index is 13.1. The van der Waals surface area contributed by atoms with E-state index in [1.165, 1.54) is 4.90 Å². The Kier molecular flexibility index (Phi) is 6.28. The van der Waals surface area contributed by atoms with Crippen molar-refractivity contribution in [3.63, 3.8) is 0 Å². The van der Waals surface area contributed by atoms with Crippen LogP contribution in [0.2, 0.25) is 0 Å². The summed E-state index contributed by atoms with van der Waals surface area (Å²) in [4.78, 5) is 40.5. The highest BCUT2D eigenvalue weighted by Crippen LogP contribution is 2.20. The molecule has 1 aromatic carbocycles. The molecule has 4 amide bonds. The van der Waals surface area contributed by atoms with Crippen LogP contribution in [-0.4, -0.2) is 66.5 Å². The number of carbonyl (C=O) groups excluding carboxylic acids is 3. The predicted octanol–water partition coefficient (Wildman–Crippen LogP) is 0.636. The summed E-state index contributed by atoms with van der Waals surface area (Å²) in [6, 6.07) is 8.06. The van der Waals surface area contributed by atoms with Crippen LogP contribution in [0.5, 0.6) is 0 Å². The molecule has 2 atom stereocenters. The van der Waals surface area contributed by atoms with Gasteiger partial charge >= 0.3 is 6.03 Å². The van der Waals surface area contributed by atoms with Crippen LogP contribution in [0, 0.1) is 0 Å². The minimum Gasteiger partial charge on any atom is -0.367 e. The topological polar surface area (TPSA) is 105 Å². The van der Waals surface area contributed by atoms with Crippen LogP contribution in [0.3, 0.4) is 0 Å². The van der Waals surface area contributed by atoms with Crippen LogP contribution in [0.15, 0.2) is 30.3 Å². The molecule has 2 fully saturated rings. The molecule has 0 aliphatic carbocycles. The number of morpholine rings is 1. The summed E-state index contributed by atoms with van der Waals surface area (Å²) in [6.45, 7) is 2.07. The van der Waals surface area contributed by atoms with Gasteiger partial charge in [0.2, 0.25) is 11.8 Å². The summed E-state index contributed by atoms with van der Waals surface area (Å²) < 4.78 is 5.28. The molecule has 0 saturated carbocycles. The van der Waals surface area contributed by atoms with Gasteiger partial charge in [0, 0.05) is 19.6 Å². The molecule has 2 aliphatic heterocycles. The van der Waals surface area contributed by atoms with Crippen molar-refractivity contribution in [2.75, 3.05) is 32.8 Å². The van der Waals surface area contributed by atoms with Gasteiger partial charge in [0.15, 0.2) is 6.10 Å². The van der Waals surface area contributed by atoms with E-state index in [0.717, 1.165) is 24.8 Å². The molecule has 2 saturated heterocycles. The van der Waals surface area contributed by atoms with Gasteiger partial charge in [-0.3, -0.25) is 9.59 Å². The second-order valence-electron chi connectivity index (χ2n) is 6.89. The van der Waals surface area contributed by atoms with E-state index in [2.05, 4.69) is 5.32 Å².